The van der Waals surface area contributed by atoms with Gasteiger partial charge in [-0.1, -0.05) is 0 Å². The Morgan fingerprint density at radius 2 is 2.27 bits per heavy atom. The van der Waals surface area contributed by atoms with Gasteiger partial charge >= 0.3 is 0 Å². The topological polar surface area (TPSA) is 40.5 Å². The third kappa shape index (κ3) is 4.84. The van der Waals surface area contributed by atoms with Crippen molar-refractivity contribution in [2.75, 3.05) is 20.1 Å². The first kappa shape index (κ1) is 16.5. The summed E-state index contributed by atoms with van der Waals surface area (Å²) in [6.45, 7) is 6.73. The zero-order valence-corrected chi connectivity index (χ0v) is 14.4. The van der Waals surface area contributed by atoms with E-state index in [-0.39, 0.29) is 0 Å². The van der Waals surface area contributed by atoms with Crippen LogP contribution in [0.25, 0.3) is 0 Å². The third-order valence-corrected chi connectivity index (χ3v) is 4.21. The van der Waals surface area contributed by atoms with Gasteiger partial charge < -0.3 is 10.2 Å². The van der Waals surface area contributed by atoms with Crippen LogP contribution in [0.1, 0.15) is 23.6 Å². The number of nitrogens with zero attached hydrogens (tertiary/aromatic N) is 3. The number of thiophene rings is 1. The molecule has 0 atom stereocenters. The number of guanidine groups is 1. The van der Waals surface area contributed by atoms with Crippen molar-refractivity contribution in [1.82, 2.24) is 15.2 Å². The Bertz CT molecular complexity index is 592. The molecule has 0 aromatic carbocycles. The minimum Gasteiger partial charge on any atom is -0.357 e. The minimum atomic E-state index is 0.779. The number of rotatable bonds is 6. The first-order chi connectivity index (χ1) is 10.7. The van der Waals surface area contributed by atoms with Crippen molar-refractivity contribution in [3.05, 3.63) is 52.0 Å². The summed E-state index contributed by atoms with van der Waals surface area (Å²) in [5.74, 6) is 0.959. The van der Waals surface area contributed by atoms with E-state index >= 15 is 0 Å². The second kappa shape index (κ2) is 8.54. The predicted octanol–water partition coefficient (Wildman–Crippen LogP) is 3.09. The van der Waals surface area contributed by atoms with Gasteiger partial charge in [0.15, 0.2) is 5.96 Å². The van der Waals surface area contributed by atoms with Gasteiger partial charge in [-0.05, 0) is 59.9 Å². The van der Waals surface area contributed by atoms with Crippen LogP contribution in [0.2, 0.25) is 0 Å². The molecule has 0 aliphatic rings. The molecule has 1 N–H and O–H groups in total. The molecule has 2 aromatic heterocycles. The molecule has 2 aromatic rings. The SMILES string of the molecule is CCNC(=NCCc1ccncc1C)N(C)Cc1ccsc1. The van der Waals surface area contributed by atoms with E-state index < -0.39 is 0 Å². The summed E-state index contributed by atoms with van der Waals surface area (Å²) >= 11 is 1.73. The Labute approximate surface area is 136 Å². The second-order valence-electron chi connectivity index (χ2n) is 5.28. The Kier molecular flexibility index (Phi) is 6.40. The lowest BCUT2D eigenvalue weighted by Gasteiger charge is -2.21. The molecule has 0 bridgehead atoms. The Balaban J connectivity index is 1.96. The molecule has 0 saturated carbocycles. The van der Waals surface area contributed by atoms with Crippen molar-refractivity contribution in [2.24, 2.45) is 4.99 Å². The van der Waals surface area contributed by atoms with Gasteiger partial charge in [-0.15, -0.1) is 0 Å². The Morgan fingerprint density at radius 3 is 2.95 bits per heavy atom. The fourth-order valence-electron chi connectivity index (χ4n) is 2.27. The highest BCUT2D eigenvalue weighted by atomic mass is 32.1. The van der Waals surface area contributed by atoms with Crippen LogP contribution in [0, 0.1) is 6.92 Å². The van der Waals surface area contributed by atoms with Crippen molar-refractivity contribution in [2.45, 2.75) is 26.8 Å². The Hall–Kier alpha value is -1.88. The van der Waals surface area contributed by atoms with Gasteiger partial charge in [-0.25, -0.2) is 0 Å². The van der Waals surface area contributed by atoms with Crippen LogP contribution in [0.5, 0.6) is 0 Å². The highest BCUT2D eigenvalue weighted by molar-refractivity contribution is 7.07. The number of aryl methyl sites for hydroxylation is 1. The van der Waals surface area contributed by atoms with E-state index in [1.165, 1.54) is 16.7 Å². The average molecular weight is 316 g/mol. The van der Waals surface area contributed by atoms with Crippen LogP contribution in [0.4, 0.5) is 0 Å². The number of pyridine rings is 1. The van der Waals surface area contributed by atoms with Gasteiger partial charge in [0.2, 0.25) is 0 Å². The highest BCUT2D eigenvalue weighted by Crippen LogP contribution is 2.09. The van der Waals surface area contributed by atoms with Crippen LogP contribution in [0.15, 0.2) is 40.3 Å². The third-order valence-electron chi connectivity index (χ3n) is 3.48. The van der Waals surface area contributed by atoms with Crippen molar-refractivity contribution in [3.63, 3.8) is 0 Å². The van der Waals surface area contributed by atoms with Crippen LogP contribution in [-0.2, 0) is 13.0 Å². The number of nitrogens with one attached hydrogen (secondary N) is 1. The fourth-order valence-corrected chi connectivity index (χ4v) is 2.93. The molecular formula is C17H24N4S. The quantitative estimate of drug-likeness (QED) is 0.657. The number of hydrogen-bond donors (Lipinski definition) is 1. The lowest BCUT2D eigenvalue weighted by molar-refractivity contribution is 0.478. The monoisotopic (exact) mass is 316 g/mol. The molecule has 0 aliphatic carbocycles. The van der Waals surface area contributed by atoms with E-state index in [1.807, 2.05) is 12.4 Å². The van der Waals surface area contributed by atoms with Crippen LogP contribution >= 0.6 is 11.3 Å². The summed E-state index contributed by atoms with van der Waals surface area (Å²) < 4.78 is 0. The maximum atomic E-state index is 4.74. The van der Waals surface area contributed by atoms with E-state index in [0.717, 1.165) is 32.0 Å². The maximum absolute atomic E-state index is 4.74. The molecule has 118 valence electrons. The smallest absolute Gasteiger partial charge is 0.193 e. The van der Waals surface area contributed by atoms with E-state index in [4.69, 9.17) is 4.99 Å². The summed E-state index contributed by atoms with van der Waals surface area (Å²) in [6, 6.07) is 4.23. The molecule has 0 radical (unpaired) electrons. The van der Waals surface area contributed by atoms with E-state index in [1.54, 1.807) is 11.3 Å². The zero-order valence-electron chi connectivity index (χ0n) is 13.5. The summed E-state index contributed by atoms with van der Waals surface area (Å²) in [7, 11) is 2.08. The summed E-state index contributed by atoms with van der Waals surface area (Å²) in [6.07, 6.45) is 4.70. The lowest BCUT2D eigenvalue weighted by Crippen LogP contribution is -2.38. The summed E-state index contributed by atoms with van der Waals surface area (Å²) in [5, 5.41) is 7.65. The predicted molar refractivity (Wildman–Crippen MR) is 94.4 cm³/mol. The molecular weight excluding hydrogens is 292 g/mol. The summed E-state index contributed by atoms with van der Waals surface area (Å²) in [5.41, 5.74) is 3.87. The van der Waals surface area contributed by atoms with E-state index in [2.05, 4.69) is 59.0 Å². The minimum absolute atomic E-state index is 0.779. The average Bonchev–Trinajstić information content (AvgIpc) is 3.01. The standard InChI is InChI=1S/C17H24N4S/c1-4-19-17(21(3)12-15-7-10-22-13-15)20-9-6-16-5-8-18-11-14(16)2/h5,7-8,10-11,13H,4,6,9,12H2,1-3H3,(H,19,20). The summed E-state index contributed by atoms with van der Waals surface area (Å²) in [4.78, 5) is 11.0. The van der Waals surface area contributed by atoms with Crippen LogP contribution in [0.3, 0.4) is 0 Å². The van der Waals surface area contributed by atoms with E-state index in [9.17, 15) is 0 Å². The van der Waals surface area contributed by atoms with Gasteiger partial charge in [0.1, 0.15) is 0 Å². The number of aromatic nitrogens is 1. The molecule has 2 heterocycles. The molecule has 0 fully saturated rings. The molecule has 0 saturated heterocycles. The van der Waals surface area contributed by atoms with Gasteiger partial charge in [-0.2, -0.15) is 11.3 Å². The van der Waals surface area contributed by atoms with Crippen molar-refractivity contribution < 1.29 is 0 Å². The van der Waals surface area contributed by atoms with Gasteiger partial charge in [-0.3, -0.25) is 9.98 Å². The lowest BCUT2D eigenvalue weighted by atomic mass is 10.1. The molecule has 0 unspecified atom stereocenters. The van der Waals surface area contributed by atoms with E-state index in [0.29, 0.717) is 0 Å². The molecule has 5 heteroatoms. The normalized spacial score (nSPS) is 11.5. The maximum Gasteiger partial charge on any atom is 0.193 e. The highest BCUT2D eigenvalue weighted by Gasteiger charge is 2.06. The molecule has 4 nitrogen and oxygen atoms in total. The molecule has 0 aliphatic heterocycles. The molecule has 0 spiro atoms. The second-order valence-corrected chi connectivity index (χ2v) is 6.06. The van der Waals surface area contributed by atoms with Crippen molar-refractivity contribution in [3.8, 4) is 0 Å². The largest absolute Gasteiger partial charge is 0.357 e. The van der Waals surface area contributed by atoms with Crippen molar-refractivity contribution >= 4 is 17.3 Å². The number of hydrogen-bond acceptors (Lipinski definition) is 3. The van der Waals surface area contributed by atoms with Gasteiger partial charge in [0, 0.05) is 39.1 Å². The molecule has 0 amide bonds. The van der Waals surface area contributed by atoms with Crippen molar-refractivity contribution in [1.29, 1.82) is 0 Å². The molecule has 2 rings (SSSR count). The number of aliphatic imine (C=N–C) groups is 1. The first-order valence-electron chi connectivity index (χ1n) is 7.60. The zero-order chi connectivity index (χ0) is 15.8. The fraction of sp³-hybridized carbons (Fsp3) is 0.412. The van der Waals surface area contributed by atoms with Crippen LogP contribution < -0.4 is 5.32 Å². The van der Waals surface area contributed by atoms with Gasteiger partial charge in [0.05, 0.1) is 0 Å². The molecule has 22 heavy (non-hydrogen) atoms. The Morgan fingerprint density at radius 1 is 1.41 bits per heavy atom. The van der Waals surface area contributed by atoms with Crippen LogP contribution in [-0.4, -0.2) is 36.0 Å². The van der Waals surface area contributed by atoms with Gasteiger partial charge in [0.25, 0.3) is 0 Å². The first-order valence-corrected chi connectivity index (χ1v) is 8.55.